The van der Waals surface area contributed by atoms with Crippen LogP contribution in [0.3, 0.4) is 0 Å². The van der Waals surface area contributed by atoms with Crippen LogP contribution in [0.2, 0.25) is 0 Å². The summed E-state index contributed by atoms with van der Waals surface area (Å²) in [4.78, 5) is 0. The average molecular weight is 322 g/mol. The number of alkyl halides is 1. The summed E-state index contributed by atoms with van der Waals surface area (Å²) < 4.78 is 0.589. The van der Waals surface area contributed by atoms with E-state index >= 15 is 0 Å². The van der Waals surface area contributed by atoms with Crippen LogP contribution in [0.4, 0.5) is 0 Å². The standard InChI is InChI=1S/C14H27I/c1-14(15)12-10-8-6-4-2-3-5-7-9-11-13-14/h2-13H2,1H3. The van der Waals surface area contributed by atoms with Crippen molar-refractivity contribution in [1.29, 1.82) is 0 Å². The van der Waals surface area contributed by atoms with Crippen molar-refractivity contribution < 1.29 is 0 Å². The Bertz CT molecular complexity index is 135. The van der Waals surface area contributed by atoms with Gasteiger partial charge in [-0.25, -0.2) is 0 Å². The Hall–Kier alpha value is 0.730. The van der Waals surface area contributed by atoms with Gasteiger partial charge >= 0.3 is 0 Å². The summed E-state index contributed by atoms with van der Waals surface area (Å²) in [7, 11) is 0. The Labute approximate surface area is 110 Å². The molecule has 0 nitrogen and oxygen atoms in total. The monoisotopic (exact) mass is 322 g/mol. The topological polar surface area (TPSA) is 0 Å². The van der Waals surface area contributed by atoms with Crippen LogP contribution in [-0.2, 0) is 0 Å². The number of rotatable bonds is 0. The second kappa shape index (κ2) is 7.92. The molecule has 1 aliphatic rings. The summed E-state index contributed by atoms with van der Waals surface area (Å²) in [6, 6.07) is 0. The SMILES string of the molecule is CC1(I)CCCCCCCCCCCC1. The molecule has 90 valence electrons. The molecule has 1 aliphatic carbocycles. The molecule has 0 saturated heterocycles. The number of hydrogen-bond acceptors (Lipinski definition) is 0. The van der Waals surface area contributed by atoms with Crippen LogP contribution >= 0.6 is 22.6 Å². The van der Waals surface area contributed by atoms with Gasteiger partial charge in [0.2, 0.25) is 0 Å². The molecule has 1 heteroatoms. The molecule has 0 aromatic rings. The summed E-state index contributed by atoms with van der Waals surface area (Å²) in [5.41, 5.74) is 0. The minimum absolute atomic E-state index is 0.589. The number of halogens is 1. The first kappa shape index (κ1) is 13.8. The van der Waals surface area contributed by atoms with Crippen molar-refractivity contribution >= 4 is 22.6 Å². The molecule has 0 atom stereocenters. The van der Waals surface area contributed by atoms with Gasteiger partial charge in [-0.1, -0.05) is 93.7 Å². The molecule has 0 N–H and O–H groups in total. The summed E-state index contributed by atoms with van der Waals surface area (Å²) in [6.07, 6.45) is 17.6. The van der Waals surface area contributed by atoms with Crippen molar-refractivity contribution in [2.45, 2.75) is 87.4 Å². The van der Waals surface area contributed by atoms with Crippen molar-refractivity contribution in [3.8, 4) is 0 Å². The van der Waals surface area contributed by atoms with Gasteiger partial charge in [-0.2, -0.15) is 0 Å². The van der Waals surface area contributed by atoms with Gasteiger partial charge < -0.3 is 0 Å². The normalized spacial score (nSPS) is 26.0. The molecule has 1 saturated carbocycles. The molecule has 0 aromatic heterocycles. The molecule has 1 rings (SSSR count). The maximum absolute atomic E-state index is 2.69. The smallest absolute Gasteiger partial charge is 0.0194 e. The van der Waals surface area contributed by atoms with Gasteiger partial charge in [0.05, 0.1) is 0 Å². The maximum atomic E-state index is 2.69. The van der Waals surface area contributed by atoms with Crippen LogP contribution in [0.15, 0.2) is 0 Å². The lowest BCUT2D eigenvalue weighted by Crippen LogP contribution is -2.14. The molecule has 0 bridgehead atoms. The number of hydrogen-bond donors (Lipinski definition) is 0. The van der Waals surface area contributed by atoms with Crippen LogP contribution in [0.25, 0.3) is 0 Å². The fourth-order valence-electron chi connectivity index (χ4n) is 2.53. The highest BCUT2D eigenvalue weighted by atomic mass is 127. The molecule has 15 heavy (non-hydrogen) atoms. The summed E-state index contributed by atoms with van der Waals surface area (Å²) in [6.45, 7) is 2.45. The summed E-state index contributed by atoms with van der Waals surface area (Å²) in [5, 5.41) is 0. The van der Waals surface area contributed by atoms with Crippen LogP contribution < -0.4 is 0 Å². The second-order valence-corrected chi connectivity index (χ2v) is 8.05. The third-order valence-electron chi connectivity index (χ3n) is 3.65. The van der Waals surface area contributed by atoms with E-state index in [2.05, 4.69) is 29.5 Å². The Kier molecular flexibility index (Phi) is 7.28. The lowest BCUT2D eigenvalue weighted by molar-refractivity contribution is 0.496. The maximum Gasteiger partial charge on any atom is 0.0194 e. The van der Waals surface area contributed by atoms with Crippen LogP contribution in [0.5, 0.6) is 0 Å². The van der Waals surface area contributed by atoms with E-state index in [1.165, 1.54) is 77.0 Å². The molecule has 0 unspecified atom stereocenters. The predicted octanol–water partition coefficient (Wildman–Crippen LogP) is 5.87. The minimum atomic E-state index is 0.589. The van der Waals surface area contributed by atoms with Crippen LogP contribution in [0.1, 0.15) is 84.0 Å². The van der Waals surface area contributed by atoms with Gasteiger partial charge in [0.15, 0.2) is 0 Å². The van der Waals surface area contributed by atoms with E-state index in [9.17, 15) is 0 Å². The molecule has 0 aromatic carbocycles. The van der Waals surface area contributed by atoms with E-state index in [1.54, 1.807) is 0 Å². The molecular weight excluding hydrogens is 295 g/mol. The van der Waals surface area contributed by atoms with Crippen molar-refractivity contribution in [2.24, 2.45) is 0 Å². The lowest BCUT2D eigenvalue weighted by Gasteiger charge is -2.22. The van der Waals surface area contributed by atoms with E-state index in [0.29, 0.717) is 3.42 Å². The fraction of sp³-hybridized carbons (Fsp3) is 1.00. The Balaban J connectivity index is 2.24. The van der Waals surface area contributed by atoms with E-state index in [4.69, 9.17) is 0 Å². The van der Waals surface area contributed by atoms with Crippen molar-refractivity contribution in [1.82, 2.24) is 0 Å². The average Bonchev–Trinajstić information content (AvgIpc) is 2.20. The molecule has 0 amide bonds. The summed E-state index contributed by atoms with van der Waals surface area (Å²) in [5.74, 6) is 0. The van der Waals surface area contributed by atoms with Gasteiger partial charge in [-0.3, -0.25) is 0 Å². The lowest BCUT2D eigenvalue weighted by atomic mass is 9.96. The van der Waals surface area contributed by atoms with E-state index in [0.717, 1.165) is 0 Å². The van der Waals surface area contributed by atoms with Gasteiger partial charge in [0, 0.05) is 3.42 Å². The molecular formula is C14H27I. The first-order chi connectivity index (χ1) is 7.21. The van der Waals surface area contributed by atoms with Gasteiger partial charge in [-0.05, 0) is 12.8 Å². The van der Waals surface area contributed by atoms with Gasteiger partial charge in [0.1, 0.15) is 0 Å². The quantitative estimate of drug-likeness (QED) is 0.386. The zero-order valence-corrected chi connectivity index (χ0v) is 12.5. The van der Waals surface area contributed by atoms with Crippen LogP contribution in [0, 0.1) is 0 Å². The van der Waals surface area contributed by atoms with Crippen LogP contribution in [-0.4, -0.2) is 3.42 Å². The third-order valence-corrected chi connectivity index (χ3v) is 4.72. The highest BCUT2D eigenvalue weighted by Gasteiger charge is 2.18. The zero-order valence-electron chi connectivity index (χ0n) is 10.4. The zero-order chi connectivity index (χ0) is 11.0. The highest BCUT2D eigenvalue weighted by Crippen LogP contribution is 2.32. The first-order valence-electron chi connectivity index (χ1n) is 6.90. The molecule has 0 heterocycles. The van der Waals surface area contributed by atoms with E-state index < -0.39 is 0 Å². The van der Waals surface area contributed by atoms with Crippen molar-refractivity contribution in [3.63, 3.8) is 0 Å². The van der Waals surface area contributed by atoms with Crippen molar-refractivity contribution in [2.75, 3.05) is 0 Å². The Morgan fingerprint density at radius 3 is 1.20 bits per heavy atom. The summed E-state index contributed by atoms with van der Waals surface area (Å²) >= 11 is 2.69. The van der Waals surface area contributed by atoms with Crippen molar-refractivity contribution in [3.05, 3.63) is 0 Å². The molecule has 0 aliphatic heterocycles. The second-order valence-electron chi connectivity index (χ2n) is 5.45. The Morgan fingerprint density at radius 2 is 0.867 bits per heavy atom. The van der Waals surface area contributed by atoms with Gasteiger partial charge in [0.25, 0.3) is 0 Å². The largest absolute Gasteiger partial charge is 0.0792 e. The molecule has 1 fully saturated rings. The van der Waals surface area contributed by atoms with Gasteiger partial charge in [-0.15, -0.1) is 0 Å². The fourth-order valence-corrected chi connectivity index (χ4v) is 3.29. The van der Waals surface area contributed by atoms with E-state index in [1.807, 2.05) is 0 Å². The first-order valence-corrected chi connectivity index (χ1v) is 7.97. The molecule has 0 spiro atoms. The minimum Gasteiger partial charge on any atom is -0.0792 e. The predicted molar refractivity (Wildman–Crippen MR) is 77.8 cm³/mol. The molecule has 0 radical (unpaired) electrons. The third kappa shape index (κ3) is 7.59. The Morgan fingerprint density at radius 1 is 0.600 bits per heavy atom. The van der Waals surface area contributed by atoms with E-state index in [-0.39, 0.29) is 0 Å². The highest BCUT2D eigenvalue weighted by molar-refractivity contribution is 14.1.